The van der Waals surface area contributed by atoms with Crippen molar-refractivity contribution in [3.63, 3.8) is 0 Å². The van der Waals surface area contributed by atoms with Crippen LogP contribution in [-0.4, -0.2) is 12.1 Å². The number of rotatable bonds is 2. The molecule has 0 radical (unpaired) electrons. The first kappa shape index (κ1) is 14.3. The van der Waals surface area contributed by atoms with E-state index in [0.717, 1.165) is 17.7 Å². The molecule has 0 saturated heterocycles. The van der Waals surface area contributed by atoms with Crippen LogP contribution in [0.2, 0.25) is 0 Å². The van der Waals surface area contributed by atoms with Gasteiger partial charge in [0.2, 0.25) is 0 Å². The summed E-state index contributed by atoms with van der Waals surface area (Å²) < 4.78 is 5.29. The highest BCUT2D eigenvalue weighted by Crippen LogP contribution is 2.48. The van der Waals surface area contributed by atoms with Gasteiger partial charge in [-0.1, -0.05) is 33.6 Å². The molecule has 1 fully saturated rings. The largest absolute Gasteiger partial charge is 0.495 e. The van der Waals surface area contributed by atoms with Crippen molar-refractivity contribution in [3.05, 3.63) is 24.0 Å². The van der Waals surface area contributed by atoms with Crippen LogP contribution < -0.4 is 10.5 Å². The second-order valence-corrected chi connectivity index (χ2v) is 6.82. The molecule has 0 aliphatic heterocycles. The van der Waals surface area contributed by atoms with Gasteiger partial charge >= 0.3 is 0 Å². The van der Waals surface area contributed by atoms with Gasteiger partial charge in [0, 0.05) is 11.7 Å². The summed E-state index contributed by atoms with van der Waals surface area (Å²) in [5.41, 5.74) is 7.88. The molecular weight excluding hydrogens is 236 g/mol. The molecule has 3 heteroatoms. The van der Waals surface area contributed by atoms with Crippen molar-refractivity contribution in [1.29, 1.82) is 0 Å². The quantitative estimate of drug-likeness (QED) is 0.887. The number of aromatic nitrogens is 1. The molecular formula is C16H26N2O. The van der Waals surface area contributed by atoms with Crippen LogP contribution >= 0.6 is 0 Å². The highest BCUT2D eigenvalue weighted by molar-refractivity contribution is 5.31. The van der Waals surface area contributed by atoms with Crippen molar-refractivity contribution in [2.24, 2.45) is 17.1 Å². The maximum Gasteiger partial charge on any atom is 0.137 e. The van der Waals surface area contributed by atoms with Crippen LogP contribution in [0.15, 0.2) is 18.5 Å². The summed E-state index contributed by atoms with van der Waals surface area (Å²) in [6.07, 6.45) is 8.34. The monoisotopic (exact) mass is 262 g/mol. The predicted octanol–water partition coefficient (Wildman–Crippen LogP) is 3.48. The van der Waals surface area contributed by atoms with Crippen LogP contribution in [0.4, 0.5) is 0 Å². The minimum Gasteiger partial charge on any atom is -0.495 e. The van der Waals surface area contributed by atoms with E-state index in [2.05, 4.69) is 31.8 Å². The summed E-state index contributed by atoms with van der Waals surface area (Å²) in [6.45, 7) is 6.87. The molecule has 1 aromatic rings. The van der Waals surface area contributed by atoms with Gasteiger partial charge in [0.05, 0.1) is 13.3 Å². The Morgan fingerprint density at radius 2 is 2.05 bits per heavy atom. The summed E-state index contributed by atoms with van der Waals surface area (Å²) >= 11 is 0. The second-order valence-electron chi connectivity index (χ2n) is 6.82. The first-order chi connectivity index (χ1) is 8.88. The molecule has 19 heavy (non-hydrogen) atoms. The fourth-order valence-electron chi connectivity index (χ4n) is 3.53. The lowest BCUT2D eigenvalue weighted by Crippen LogP contribution is -2.51. The lowest BCUT2D eigenvalue weighted by molar-refractivity contribution is 0.0774. The minimum atomic E-state index is -0.280. The molecule has 3 nitrogen and oxygen atoms in total. The normalized spacial score (nSPS) is 28.2. The highest BCUT2D eigenvalue weighted by atomic mass is 16.5. The molecule has 2 unspecified atom stereocenters. The van der Waals surface area contributed by atoms with Crippen LogP contribution in [0.1, 0.15) is 52.0 Å². The Kier molecular flexibility index (Phi) is 3.86. The van der Waals surface area contributed by atoms with E-state index in [-0.39, 0.29) is 11.0 Å². The topological polar surface area (TPSA) is 48.1 Å². The zero-order chi connectivity index (χ0) is 14.1. The summed E-state index contributed by atoms with van der Waals surface area (Å²) in [5.74, 6) is 1.27. The SMILES string of the molecule is COc1cncc(C2(N)CCCCC2C(C)(C)C)c1. The average Bonchev–Trinajstić information content (AvgIpc) is 2.38. The minimum absolute atomic E-state index is 0.207. The van der Waals surface area contributed by atoms with E-state index in [4.69, 9.17) is 10.5 Å². The number of hydrogen-bond acceptors (Lipinski definition) is 3. The van der Waals surface area contributed by atoms with Crippen molar-refractivity contribution in [2.75, 3.05) is 7.11 Å². The van der Waals surface area contributed by atoms with Crippen molar-refractivity contribution >= 4 is 0 Å². The molecule has 0 spiro atoms. The Balaban J connectivity index is 2.41. The molecule has 2 N–H and O–H groups in total. The number of methoxy groups -OCH3 is 1. The molecule has 0 amide bonds. The molecule has 0 aromatic carbocycles. The number of ether oxygens (including phenoxy) is 1. The lowest BCUT2D eigenvalue weighted by atomic mass is 9.60. The van der Waals surface area contributed by atoms with E-state index in [1.807, 2.05) is 6.20 Å². The van der Waals surface area contributed by atoms with E-state index in [9.17, 15) is 0 Å². The Labute approximate surface area is 116 Å². The van der Waals surface area contributed by atoms with Crippen LogP contribution in [0, 0.1) is 11.3 Å². The maximum absolute atomic E-state index is 6.84. The Hall–Kier alpha value is -1.09. The van der Waals surface area contributed by atoms with E-state index < -0.39 is 0 Å². The van der Waals surface area contributed by atoms with Crippen LogP contribution in [-0.2, 0) is 5.54 Å². The van der Waals surface area contributed by atoms with E-state index >= 15 is 0 Å². The number of hydrogen-bond donors (Lipinski definition) is 1. The summed E-state index contributed by atoms with van der Waals surface area (Å²) in [5, 5.41) is 0. The second kappa shape index (κ2) is 5.12. The molecule has 106 valence electrons. The Morgan fingerprint density at radius 3 is 2.68 bits per heavy atom. The van der Waals surface area contributed by atoms with Gasteiger partial charge in [-0.05, 0) is 35.8 Å². The summed E-state index contributed by atoms with van der Waals surface area (Å²) in [7, 11) is 1.67. The van der Waals surface area contributed by atoms with Gasteiger partial charge in [-0.2, -0.15) is 0 Å². The van der Waals surface area contributed by atoms with Gasteiger partial charge in [0.15, 0.2) is 0 Å². The van der Waals surface area contributed by atoms with Gasteiger partial charge in [0.25, 0.3) is 0 Å². The number of nitrogens with two attached hydrogens (primary N) is 1. The van der Waals surface area contributed by atoms with Gasteiger partial charge in [0.1, 0.15) is 5.75 Å². The van der Waals surface area contributed by atoms with Crippen LogP contribution in [0.25, 0.3) is 0 Å². The van der Waals surface area contributed by atoms with Crippen molar-refractivity contribution in [2.45, 2.75) is 52.0 Å². The molecule has 0 bridgehead atoms. The van der Waals surface area contributed by atoms with Crippen molar-refractivity contribution in [3.8, 4) is 5.75 Å². The molecule has 2 rings (SSSR count). The van der Waals surface area contributed by atoms with Gasteiger partial charge in [-0.15, -0.1) is 0 Å². The predicted molar refractivity (Wildman–Crippen MR) is 78.1 cm³/mol. The average molecular weight is 262 g/mol. The molecule has 1 heterocycles. The van der Waals surface area contributed by atoms with E-state index in [1.54, 1.807) is 13.3 Å². The zero-order valence-electron chi connectivity index (χ0n) is 12.6. The standard InChI is InChI=1S/C16H26N2O/c1-15(2,3)14-7-5-6-8-16(14,17)12-9-13(19-4)11-18-10-12/h9-11,14H,5-8,17H2,1-4H3. The van der Waals surface area contributed by atoms with Gasteiger partial charge in [-0.25, -0.2) is 0 Å². The fraction of sp³-hybridized carbons (Fsp3) is 0.688. The van der Waals surface area contributed by atoms with E-state index in [0.29, 0.717) is 5.92 Å². The first-order valence-corrected chi connectivity index (χ1v) is 7.16. The molecule has 2 atom stereocenters. The Morgan fingerprint density at radius 1 is 1.32 bits per heavy atom. The molecule has 1 saturated carbocycles. The Bertz CT molecular complexity index is 439. The third kappa shape index (κ3) is 2.76. The van der Waals surface area contributed by atoms with Crippen molar-refractivity contribution < 1.29 is 4.74 Å². The van der Waals surface area contributed by atoms with Crippen molar-refractivity contribution in [1.82, 2.24) is 4.98 Å². The number of nitrogens with zero attached hydrogens (tertiary/aromatic N) is 1. The fourth-order valence-corrected chi connectivity index (χ4v) is 3.53. The van der Waals surface area contributed by atoms with Crippen LogP contribution in [0.3, 0.4) is 0 Å². The smallest absolute Gasteiger partial charge is 0.137 e. The summed E-state index contributed by atoms with van der Waals surface area (Å²) in [4.78, 5) is 4.29. The molecule has 1 aliphatic carbocycles. The number of pyridine rings is 1. The third-order valence-electron chi connectivity index (χ3n) is 4.49. The zero-order valence-corrected chi connectivity index (χ0v) is 12.6. The van der Waals surface area contributed by atoms with Gasteiger partial charge < -0.3 is 10.5 Å². The highest BCUT2D eigenvalue weighted by Gasteiger charge is 2.44. The maximum atomic E-state index is 6.84. The summed E-state index contributed by atoms with van der Waals surface area (Å²) in [6, 6.07) is 2.05. The molecule has 1 aliphatic rings. The molecule has 1 aromatic heterocycles. The first-order valence-electron chi connectivity index (χ1n) is 7.16. The van der Waals surface area contributed by atoms with E-state index in [1.165, 1.54) is 19.3 Å². The third-order valence-corrected chi connectivity index (χ3v) is 4.49. The van der Waals surface area contributed by atoms with Crippen LogP contribution in [0.5, 0.6) is 5.75 Å². The van der Waals surface area contributed by atoms with Gasteiger partial charge in [-0.3, -0.25) is 4.98 Å². The lowest BCUT2D eigenvalue weighted by Gasteiger charge is -2.48.